The summed E-state index contributed by atoms with van der Waals surface area (Å²) in [5, 5.41) is 14.6. The third-order valence-corrected chi connectivity index (χ3v) is 4.17. The molecule has 1 saturated heterocycles. The number of rotatable bonds is 5. The first kappa shape index (κ1) is 15.6. The number of piperazine rings is 1. The van der Waals surface area contributed by atoms with E-state index < -0.39 is 0 Å². The summed E-state index contributed by atoms with van der Waals surface area (Å²) in [5.74, 6) is 0.176. The summed E-state index contributed by atoms with van der Waals surface area (Å²) in [6.07, 6.45) is 3.67. The Morgan fingerprint density at radius 2 is 2.05 bits per heavy atom. The molecule has 0 aliphatic carbocycles. The van der Waals surface area contributed by atoms with Crippen LogP contribution in [-0.4, -0.2) is 36.2 Å². The minimum atomic E-state index is 0.0971. The van der Waals surface area contributed by atoms with Crippen LogP contribution in [-0.2, 0) is 0 Å². The lowest BCUT2D eigenvalue weighted by molar-refractivity contribution is 0.163. The third kappa shape index (κ3) is 3.67. The Morgan fingerprint density at radius 1 is 1.35 bits per heavy atom. The topological polar surface area (TPSA) is 35.5 Å². The van der Waals surface area contributed by atoms with Gasteiger partial charge in [-0.25, -0.2) is 0 Å². The fourth-order valence-corrected chi connectivity index (χ4v) is 3.29. The fourth-order valence-electron chi connectivity index (χ4n) is 2.68. The highest BCUT2D eigenvalue weighted by atomic mass is 35.5. The quantitative estimate of drug-likeness (QED) is 0.815. The van der Waals surface area contributed by atoms with Crippen LogP contribution < -0.4 is 5.32 Å². The summed E-state index contributed by atoms with van der Waals surface area (Å²) >= 11 is 12.2. The van der Waals surface area contributed by atoms with Crippen LogP contribution in [0.15, 0.2) is 24.8 Å². The summed E-state index contributed by atoms with van der Waals surface area (Å²) in [7, 11) is 0. The fraction of sp³-hybridized carbons (Fsp3) is 0.467. The van der Waals surface area contributed by atoms with Crippen molar-refractivity contribution in [2.45, 2.75) is 18.9 Å². The minimum Gasteiger partial charge on any atom is -0.508 e. The lowest BCUT2D eigenvalue weighted by Crippen LogP contribution is -2.45. The average molecular weight is 315 g/mol. The zero-order chi connectivity index (χ0) is 14.5. The van der Waals surface area contributed by atoms with Gasteiger partial charge in [-0.15, -0.1) is 6.58 Å². The molecule has 1 aromatic rings. The van der Waals surface area contributed by atoms with Crippen LogP contribution >= 0.6 is 23.2 Å². The lowest BCUT2D eigenvalue weighted by Gasteiger charge is -2.35. The van der Waals surface area contributed by atoms with Crippen molar-refractivity contribution in [1.29, 1.82) is 0 Å². The second kappa shape index (κ2) is 7.32. The lowest BCUT2D eigenvalue weighted by atomic mass is 9.98. The van der Waals surface area contributed by atoms with Gasteiger partial charge >= 0.3 is 0 Å². The predicted octanol–water partition coefficient (Wildman–Crippen LogP) is 3.61. The molecule has 1 aliphatic rings. The molecular weight excluding hydrogens is 295 g/mol. The second-order valence-electron chi connectivity index (χ2n) is 4.99. The standard InChI is InChI=1S/C15H20Cl2N2O/c1-2-3-4-13(19-7-5-18-6-8-19)15-12(17)9-11(16)10-14(15)20/h2,9-10,13,18,20H,1,3-8H2/t13-/m1/s1. The molecule has 0 spiro atoms. The monoisotopic (exact) mass is 314 g/mol. The Labute approximate surface area is 130 Å². The van der Waals surface area contributed by atoms with Gasteiger partial charge in [-0.3, -0.25) is 4.90 Å². The van der Waals surface area contributed by atoms with Gasteiger partial charge < -0.3 is 10.4 Å². The van der Waals surface area contributed by atoms with Gasteiger partial charge in [-0.05, 0) is 25.0 Å². The van der Waals surface area contributed by atoms with E-state index in [1.54, 1.807) is 12.1 Å². The maximum Gasteiger partial charge on any atom is 0.123 e. The minimum absolute atomic E-state index is 0.0971. The highest BCUT2D eigenvalue weighted by Crippen LogP contribution is 2.39. The number of nitrogens with one attached hydrogen (secondary N) is 1. The predicted molar refractivity (Wildman–Crippen MR) is 84.7 cm³/mol. The molecule has 20 heavy (non-hydrogen) atoms. The maximum atomic E-state index is 10.2. The number of halogens is 2. The van der Waals surface area contributed by atoms with Crippen LogP contribution in [0.25, 0.3) is 0 Å². The molecule has 3 nitrogen and oxygen atoms in total. The second-order valence-corrected chi connectivity index (χ2v) is 5.83. The highest BCUT2D eigenvalue weighted by Gasteiger charge is 2.26. The number of hydrogen-bond acceptors (Lipinski definition) is 3. The van der Waals surface area contributed by atoms with Crippen LogP contribution in [0.2, 0.25) is 10.0 Å². The molecule has 5 heteroatoms. The van der Waals surface area contributed by atoms with Gasteiger partial charge in [0.25, 0.3) is 0 Å². The van der Waals surface area contributed by atoms with E-state index in [4.69, 9.17) is 23.2 Å². The van der Waals surface area contributed by atoms with Crippen LogP contribution in [0.4, 0.5) is 0 Å². The molecule has 1 aromatic carbocycles. The first-order chi connectivity index (χ1) is 9.63. The van der Waals surface area contributed by atoms with Gasteiger partial charge in [-0.2, -0.15) is 0 Å². The van der Waals surface area contributed by atoms with Crippen LogP contribution in [0.5, 0.6) is 5.75 Å². The molecule has 0 unspecified atom stereocenters. The number of hydrogen-bond donors (Lipinski definition) is 2. The van der Waals surface area contributed by atoms with E-state index >= 15 is 0 Å². The number of nitrogens with zero attached hydrogens (tertiary/aromatic N) is 1. The van der Waals surface area contributed by atoms with Crippen LogP contribution in [0.1, 0.15) is 24.4 Å². The molecular formula is C15H20Cl2N2O. The summed E-state index contributed by atoms with van der Waals surface area (Å²) in [5.41, 5.74) is 0.778. The van der Waals surface area contributed by atoms with Crippen molar-refractivity contribution in [3.63, 3.8) is 0 Å². The van der Waals surface area contributed by atoms with Crippen LogP contribution in [0, 0.1) is 0 Å². The molecule has 0 saturated carbocycles. The number of phenolic OH excluding ortho intramolecular Hbond substituents is 1. The molecule has 0 bridgehead atoms. The highest BCUT2D eigenvalue weighted by molar-refractivity contribution is 6.35. The van der Waals surface area contributed by atoms with Crippen molar-refractivity contribution in [3.8, 4) is 5.75 Å². The van der Waals surface area contributed by atoms with Gasteiger partial charge in [-0.1, -0.05) is 29.3 Å². The van der Waals surface area contributed by atoms with Gasteiger partial charge in [0.15, 0.2) is 0 Å². The molecule has 1 aliphatic heterocycles. The van der Waals surface area contributed by atoms with Crippen molar-refractivity contribution in [2.24, 2.45) is 0 Å². The van der Waals surface area contributed by atoms with E-state index in [-0.39, 0.29) is 11.8 Å². The zero-order valence-corrected chi connectivity index (χ0v) is 12.9. The molecule has 2 rings (SSSR count). The number of benzene rings is 1. The average Bonchev–Trinajstić information content (AvgIpc) is 2.42. The van der Waals surface area contributed by atoms with Gasteiger partial charge in [0.05, 0.1) is 5.02 Å². The van der Waals surface area contributed by atoms with E-state index in [1.807, 2.05) is 6.08 Å². The van der Waals surface area contributed by atoms with Crippen molar-refractivity contribution >= 4 is 23.2 Å². The summed E-state index contributed by atoms with van der Waals surface area (Å²) in [6, 6.07) is 3.35. The maximum absolute atomic E-state index is 10.2. The van der Waals surface area contributed by atoms with E-state index in [1.165, 1.54) is 0 Å². The molecule has 2 N–H and O–H groups in total. The normalized spacial score (nSPS) is 17.9. The molecule has 0 aromatic heterocycles. The van der Waals surface area contributed by atoms with Gasteiger partial charge in [0.1, 0.15) is 5.75 Å². The summed E-state index contributed by atoms with van der Waals surface area (Å²) in [6.45, 7) is 7.58. The molecule has 1 atom stereocenters. The number of aromatic hydroxyl groups is 1. The van der Waals surface area contributed by atoms with Crippen LogP contribution in [0.3, 0.4) is 0 Å². The number of phenols is 1. The Morgan fingerprint density at radius 3 is 2.65 bits per heavy atom. The molecule has 0 amide bonds. The largest absolute Gasteiger partial charge is 0.508 e. The SMILES string of the molecule is C=CCC[C@H](c1c(O)cc(Cl)cc1Cl)N1CCNCC1. The molecule has 1 fully saturated rings. The van der Waals surface area contributed by atoms with E-state index in [0.29, 0.717) is 10.0 Å². The zero-order valence-electron chi connectivity index (χ0n) is 11.4. The van der Waals surface area contributed by atoms with E-state index in [0.717, 1.165) is 44.6 Å². The van der Waals surface area contributed by atoms with Crippen molar-refractivity contribution in [2.75, 3.05) is 26.2 Å². The Hall–Kier alpha value is -0.740. The smallest absolute Gasteiger partial charge is 0.123 e. The summed E-state index contributed by atoms with van der Waals surface area (Å²) < 4.78 is 0. The first-order valence-corrected chi connectivity index (χ1v) is 7.62. The Bertz CT molecular complexity index is 450. The van der Waals surface area contributed by atoms with E-state index in [9.17, 15) is 5.11 Å². The van der Waals surface area contributed by atoms with E-state index in [2.05, 4.69) is 16.8 Å². The Kier molecular flexibility index (Phi) is 5.73. The molecule has 110 valence electrons. The van der Waals surface area contributed by atoms with Crippen molar-refractivity contribution < 1.29 is 5.11 Å². The van der Waals surface area contributed by atoms with Gasteiger partial charge in [0, 0.05) is 42.8 Å². The molecule has 1 heterocycles. The van der Waals surface area contributed by atoms with Crippen molar-refractivity contribution in [1.82, 2.24) is 10.2 Å². The first-order valence-electron chi connectivity index (χ1n) is 6.87. The van der Waals surface area contributed by atoms with Gasteiger partial charge in [0.2, 0.25) is 0 Å². The van der Waals surface area contributed by atoms with Crippen molar-refractivity contribution in [3.05, 3.63) is 40.4 Å². The Balaban J connectivity index is 2.32. The number of allylic oxidation sites excluding steroid dienone is 1. The molecule has 0 radical (unpaired) electrons. The third-order valence-electron chi connectivity index (χ3n) is 3.64. The summed E-state index contributed by atoms with van der Waals surface area (Å²) in [4.78, 5) is 2.36.